The molecule has 0 fully saturated rings. The predicted molar refractivity (Wildman–Crippen MR) is 58.2 cm³/mol. The van der Waals surface area contributed by atoms with E-state index in [2.05, 4.69) is 10.1 Å². The maximum absolute atomic E-state index is 9.13. The smallest absolute Gasteiger partial charge is 0.226 e. The third-order valence-corrected chi connectivity index (χ3v) is 2.18. The first-order valence-electron chi connectivity index (χ1n) is 4.94. The minimum atomic E-state index is -0.0972. The third-order valence-electron chi connectivity index (χ3n) is 2.18. The first-order valence-corrected chi connectivity index (χ1v) is 4.94. The van der Waals surface area contributed by atoms with Crippen molar-refractivity contribution in [3.05, 3.63) is 35.7 Å². The highest BCUT2D eigenvalue weighted by Crippen LogP contribution is 2.22. The molecule has 16 heavy (non-hydrogen) atoms. The molecular weight excluding hydrogens is 206 g/mol. The largest absolute Gasteiger partial charge is 0.421 e. The monoisotopic (exact) mass is 219 g/mol. The van der Waals surface area contributed by atoms with E-state index in [0.717, 1.165) is 5.69 Å². The van der Waals surface area contributed by atoms with E-state index < -0.39 is 0 Å². The molecule has 0 spiro atoms. The average molecular weight is 219 g/mol. The molecule has 1 N–H and O–H groups in total. The normalized spacial score (nSPS) is 10.4. The van der Waals surface area contributed by atoms with Crippen LogP contribution in [0.1, 0.15) is 11.3 Å². The Morgan fingerprint density at radius 3 is 2.94 bits per heavy atom. The van der Waals surface area contributed by atoms with E-state index in [1.807, 2.05) is 13.0 Å². The maximum Gasteiger partial charge on any atom is 0.226 e. The molecule has 0 saturated carbocycles. The summed E-state index contributed by atoms with van der Waals surface area (Å²) in [5, 5.41) is 13.3. The van der Waals surface area contributed by atoms with E-state index in [1.165, 1.54) is 0 Å². The van der Waals surface area contributed by atoms with Crippen LogP contribution in [0.3, 0.4) is 0 Å². The number of nitrogens with zero attached hydrogens (tertiary/aromatic N) is 3. The molecule has 0 saturated heterocycles. The lowest BCUT2D eigenvalue weighted by Crippen LogP contribution is -1.99. The number of hydrogen-bond donors (Lipinski definition) is 1. The number of hydrogen-bond acceptors (Lipinski definition) is 4. The Morgan fingerprint density at radius 1 is 1.50 bits per heavy atom. The van der Waals surface area contributed by atoms with Crippen LogP contribution in [-0.4, -0.2) is 19.9 Å². The van der Waals surface area contributed by atoms with Gasteiger partial charge in [-0.25, -0.2) is 9.67 Å². The first kappa shape index (κ1) is 10.6. The zero-order chi connectivity index (χ0) is 11.5. The molecule has 2 aromatic rings. The van der Waals surface area contributed by atoms with Gasteiger partial charge in [0.05, 0.1) is 12.3 Å². The molecule has 84 valence electrons. The quantitative estimate of drug-likeness (QED) is 0.847. The molecule has 5 heteroatoms. The van der Waals surface area contributed by atoms with E-state index in [4.69, 9.17) is 9.84 Å². The number of ether oxygens (including phenoxy) is 1. The zero-order valence-corrected chi connectivity index (χ0v) is 9.21. The number of aryl methyl sites for hydroxylation is 2. The first-order chi connectivity index (χ1) is 7.70. The Hall–Kier alpha value is -1.88. The lowest BCUT2D eigenvalue weighted by molar-refractivity contribution is 0.273. The molecule has 0 atom stereocenters. The summed E-state index contributed by atoms with van der Waals surface area (Å²) >= 11 is 0. The SMILES string of the molecule is Cc1cc(Oc2ncccc2CO)n(C)n1. The lowest BCUT2D eigenvalue weighted by atomic mass is 10.3. The number of pyridine rings is 1. The van der Waals surface area contributed by atoms with Gasteiger partial charge in [0.2, 0.25) is 11.8 Å². The van der Waals surface area contributed by atoms with Gasteiger partial charge in [-0.15, -0.1) is 0 Å². The second-order valence-electron chi connectivity index (χ2n) is 3.48. The highest BCUT2D eigenvalue weighted by Gasteiger charge is 2.08. The van der Waals surface area contributed by atoms with Gasteiger partial charge in [0.15, 0.2) is 0 Å². The Morgan fingerprint density at radius 2 is 2.31 bits per heavy atom. The van der Waals surface area contributed by atoms with Crippen molar-refractivity contribution in [1.82, 2.24) is 14.8 Å². The van der Waals surface area contributed by atoms with Crippen LogP contribution in [0, 0.1) is 6.92 Å². The molecule has 0 bridgehead atoms. The summed E-state index contributed by atoms with van der Waals surface area (Å²) in [6, 6.07) is 5.34. The van der Waals surface area contributed by atoms with Crippen LogP contribution < -0.4 is 4.74 Å². The van der Waals surface area contributed by atoms with Crippen molar-refractivity contribution >= 4 is 0 Å². The zero-order valence-electron chi connectivity index (χ0n) is 9.21. The minimum absolute atomic E-state index is 0.0972. The summed E-state index contributed by atoms with van der Waals surface area (Å²) in [6.07, 6.45) is 1.62. The summed E-state index contributed by atoms with van der Waals surface area (Å²) in [7, 11) is 1.80. The van der Waals surface area contributed by atoms with Gasteiger partial charge in [-0.1, -0.05) is 0 Å². The molecule has 0 aromatic carbocycles. The number of aromatic nitrogens is 3. The summed E-state index contributed by atoms with van der Waals surface area (Å²) in [6.45, 7) is 1.79. The van der Waals surface area contributed by atoms with E-state index in [-0.39, 0.29) is 6.61 Å². The van der Waals surface area contributed by atoms with Crippen LogP contribution >= 0.6 is 0 Å². The molecule has 2 aromatic heterocycles. The highest BCUT2D eigenvalue weighted by molar-refractivity contribution is 5.29. The Labute approximate surface area is 93.3 Å². The van der Waals surface area contributed by atoms with E-state index in [0.29, 0.717) is 17.3 Å². The van der Waals surface area contributed by atoms with Crippen molar-refractivity contribution in [3.63, 3.8) is 0 Å². The van der Waals surface area contributed by atoms with Crippen molar-refractivity contribution in [2.75, 3.05) is 0 Å². The molecular formula is C11H13N3O2. The molecule has 0 aliphatic rings. The van der Waals surface area contributed by atoms with Crippen LogP contribution in [0.2, 0.25) is 0 Å². The molecule has 0 unspecified atom stereocenters. The van der Waals surface area contributed by atoms with Gasteiger partial charge >= 0.3 is 0 Å². The molecule has 0 aliphatic carbocycles. The summed E-state index contributed by atoms with van der Waals surface area (Å²) in [5.41, 5.74) is 1.53. The van der Waals surface area contributed by atoms with E-state index >= 15 is 0 Å². The Bertz CT molecular complexity index is 494. The van der Waals surface area contributed by atoms with Crippen LogP contribution in [0.15, 0.2) is 24.4 Å². The van der Waals surface area contributed by atoms with Gasteiger partial charge in [-0.2, -0.15) is 5.10 Å². The van der Waals surface area contributed by atoms with Crippen molar-refractivity contribution in [1.29, 1.82) is 0 Å². The Balaban J connectivity index is 2.30. The maximum atomic E-state index is 9.13. The lowest BCUT2D eigenvalue weighted by Gasteiger charge is -2.07. The van der Waals surface area contributed by atoms with Gasteiger partial charge in [0.25, 0.3) is 0 Å². The van der Waals surface area contributed by atoms with Gasteiger partial charge in [0.1, 0.15) is 0 Å². The third kappa shape index (κ3) is 2.04. The Kier molecular flexibility index (Phi) is 2.87. The van der Waals surface area contributed by atoms with Crippen LogP contribution in [0.4, 0.5) is 0 Å². The van der Waals surface area contributed by atoms with Gasteiger partial charge in [-0.3, -0.25) is 0 Å². The fraction of sp³-hybridized carbons (Fsp3) is 0.273. The van der Waals surface area contributed by atoms with Crippen LogP contribution in [0.5, 0.6) is 11.8 Å². The molecule has 0 amide bonds. The number of rotatable bonds is 3. The molecule has 0 aliphatic heterocycles. The van der Waals surface area contributed by atoms with Gasteiger partial charge in [0, 0.05) is 24.9 Å². The van der Waals surface area contributed by atoms with E-state index in [1.54, 1.807) is 30.1 Å². The summed E-state index contributed by atoms with van der Waals surface area (Å²) in [5.74, 6) is 1.01. The summed E-state index contributed by atoms with van der Waals surface area (Å²) < 4.78 is 7.21. The fourth-order valence-electron chi connectivity index (χ4n) is 1.42. The van der Waals surface area contributed by atoms with Crippen molar-refractivity contribution < 1.29 is 9.84 Å². The molecule has 0 radical (unpaired) electrons. The van der Waals surface area contributed by atoms with Gasteiger partial charge in [-0.05, 0) is 19.1 Å². The standard InChI is InChI=1S/C11H13N3O2/c1-8-6-10(14(2)13-8)16-11-9(7-15)4-3-5-12-11/h3-6,15H,7H2,1-2H3. The highest BCUT2D eigenvalue weighted by atomic mass is 16.5. The molecule has 5 nitrogen and oxygen atoms in total. The van der Waals surface area contributed by atoms with E-state index in [9.17, 15) is 0 Å². The average Bonchev–Trinajstić information content (AvgIpc) is 2.58. The molecule has 2 heterocycles. The summed E-state index contributed by atoms with van der Waals surface area (Å²) in [4.78, 5) is 4.07. The second-order valence-corrected chi connectivity index (χ2v) is 3.48. The van der Waals surface area contributed by atoms with Crippen molar-refractivity contribution in [2.45, 2.75) is 13.5 Å². The van der Waals surface area contributed by atoms with Gasteiger partial charge < -0.3 is 9.84 Å². The minimum Gasteiger partial charge on any atom is -0.421 e. The van der Waals surface area contributed by atoms with Crippen LogP contribution in [0.25, 0.3) is 0 Å². The topological polar surface area (TPSA) is 60.2 Å². The van der Waals surface area contributed by atoms with Crippen LogP contribution in [-0.2, 0) is 13.7 Å². The molecule has 2 rings (SSSR count). The number of aliphatic hydroxyl groups excluding tert-OH is 1. The van der Waals surface area contributed by atoms with Crippen molar-refractivity contribution in [3.8, 4) is 11.8 Å². The second kappa shape index (κ2) is 4.32. The van der Waals surface area contributed by atoms with Crippen molar-refractivity contribution in [2.24, 2.45) is 7.05 Å². The predicted octanol–water partition coefficient (Wildman–Crippen LogP) is 1.41. The fourth-order valence-corrected chi connectivity index (χ4v) is 1.42. The number of aliphatic hydroxyl groups is 1.